The van der Waals surface area contributed by atoms with Gasteiger partial charge in [0.2, 0.25) is 5.91 Å². The van der Waals surface area contributed by atoms with Crippen LogP contribution in [-0.4, -0.2) is 22.9 Å². The van der Waals surface area contributed by atoms with Gasteiger partial charge in [-0.25, -0.2) is 4.79 Å². The second kappa shape index (κ2) is 9.37. The molecule has 0 heterocycles. The van der Waals surface area contributed by atoms with Gasteiger partial charge in [0.15, 0.2) is 5.78 Å². The molecule has 0 aliphatic carbocycles. The van der Waals surface area contributed by atoms with Gasteiger partial charge in [0.25, 0.3) is 0 Å². The number of hydrogen-bond acceptors (Lipinski definition) is 4. The third-order valence-corrected chi connectivity index (χ3v) is 4.52. The lowest BCUT2D eigenvalue weighted by atomic mass is 10.0. The Kier molecular flexibility index (Phi) is 6.43. The van der Waals surface area contributed by atoms with E-state index in [1.165, 1.54) is 12.1 Å². The molecule has 0 fully saturated rings. The average molecular weight is 413 g/mol. The molecule has 0 bridgehead atoms. The number of nitrogens with zero attached hydrogens (tertiary/aromatic N) is 1. The maximum atomic E-state index is 12.5. The number of ketones is 1. The molecule has 0 aliphatic rings. The summed E-state index contributed by atoms with van der Waals surface area (Å²) in [7, 11) is 0. The normalized spacial score (nSPS) is 10.1. The van der Waals surface area contributed by atoms with Gasteiger partial charge in [0, 0.05) is 5.56 Å². The maximum Gasteiger partial charge on any atom is 0.409 e. The van der Waals surface area contributed by atoms with E-state index in [2.05, 4.69) is 10.6 Å². The van der Waals surface area contributed by atoms with E-state index in [0.29, 0.717) is 5.56 Å². The lowest BCUT2D eigenvalue weighted by Crippen LogP contribution is -2.18. The van der Waals surface area contributed by atoms with E-state index in [0.717, 1.165) is 16.7 Å². The number of carbonyl (C=O) groups excluding carboxylic acids is 2. The summed E-state index contributed by atoms with van der Waals surface area (Å²) >= 11 is 0. The topological polar surface area (TPSA) is 119 Å². The molecule has 0 saturated heterocycles. The van der Waals surface area contributed by atoms with Crippen molar-refractivity contribution in [1.29, 1.82) is 5.26 Å². The van der Waals surface area contributed by atoms with Gasteiger partial charge in [-0.05, 0) is 42.3 Å². The summed E-state index contributed by atoms with van der Waals surface area (Å²) in [6.45, 7) is 1.96. The number of carboxylic acid groups (broad SMARTS) is 1. The minimum Gasteiger partial charge on any atom is -0.465 e. The van der Waals surface area contributed by atoms with Crippen molar-refractivity contribution in [3.05, 3.63) is 83.4 Å². The zero-order chi connectivity index (χ0) is 22.4. The molecule has 7 heteroatoms. The van der Waals surface area contributed by atoms with Crippen LogP contribution >= 0.6 is 0 Å². The number of benzene rings is 3. The molecule has 3 aromatic rings. The fourth-order valence-corrected chi connectivity index (χ4v) is 3.08. The fourth-order valence-electron chi connectivity index (χ4n) is 3.08. The number of aryl methyl sites for hydroxylation is 1. The monoisotopic (exact) mass is 413 g/mol. The molecule has 0 radical (unpaired) electrons. The van der Waals surface area contributed by atoms with Gasteiger partial charge in [-0.15, -0.1) is 0 Å². The Morgan fingerprint density at radius 2 is 1.65 bits per heavy atom. The largest absolute Gasteiger partial charge is 0.465 e. The summed E-state index contributed by atoms with van der Waals surface area (Å²) in [6.07, 6.45) is -1.72. The number of nitriles is 1. The standard InChI is InChI=1S/C24H19N3O4/c1-15-4-2-6-17(10-15)18-8-9-20(27-24(30)31)21(12-18)26-23(29)13-22(28)19-7-3-5-16(11-19)14-25/h2-12,27H,13H2,1H3,(H,26,29)(H,30,31). The first-order chi connectivity index (χ1) is 14.9. The van der Waals surface area contributed by atoms with E-state index in [1.54, 1.807) is 30.3 Å². The third-order valence-electron chi connectivity index (χ3n) is 4.52. The molecule has 0 saturated carbocycles. The highest BCUT2D eigenvalue weighted by molar-refractivity contribution is 6.12. The Bertz CT molecular complexity index is 1210. The summed E-state index contributed by atoms with van der Waals surface area (Å²) in [5, 5.41) is 22.9. The van der Waals surface area contributed by atoms with Crippen LogP contribution in [0.1, 0.15) is 27.9 Å². The minimum atomic E-state index is -1.27. The molecule has 3 N–H and O–H groups in total. The highest BCUT2D eigenvalue weighted by atomic mass is 16.4. The van der Waals surface area contributed by atoms with Crippen molar-refractivity contribution in [2.24, 2.45) is 0 Å². The van der Waals surface area contributed by atoms with Crippen LogP contribution in [0.4, 0.5) is 16.2 Å². The molecule has 0 atom stereocenters. The van der Waals surface area contributed by atoms with Gasteiger partial charge in [-0.1, -0.05) is 48.0 Å². The number of anilines is 2. The Labute approximate surface area is 179 Å². The van der Waals surface area contributed by atoms with Crippen LogP contribution < -0.4 is 10.6 Å². The molecule has 3 aromatic carbocycles. The van der Waals surface area contributed by atoms with Crippen LogP contribution in [0.25, 0.3) is 11.1 Å². The van der Waals surface area contributed by atoms with E-state index >= 15 is 0 Å². The Morgan fingerprint density at radius 1 is 0.903 bits per heavy atom. The molecular weight excluding hydrogens is 394 g/mol. The number of hydrogen-bond donors (Lipinski definition) is 3. The number of Topliss-reactive ketones (excluding diaryl/α,β-unsaturated/α-hetero) is 1. The molecule has 0 aromatic heterocycles. The van der Waals surface area contributed by atoms with Crippen molar-refractivity contribution in [3.63, 3.8) is 0 Å². The van der Waals surface area contributed by atoms with Gasteiger partial charge in [0.1, 0.15) is 0 Å². The van der Waals surface area contributed by atoms with Crippen molar-refractivity contribution in [1.82, 2.24) is 0 Å². The minimum absolute atomic E-state index is 0.191. The number of nitrogens with one attached hydrogen (secondary N) is 2. The van der Waals surface area contributed by atoms with Crippen LogP contribution in [0, 0.1) is 18.3 Å². The summed E-state index contributed by atoms with van der Waals surface area (Å²) in [6, 6.07) is 20.7. The van der Waals surface area contributed by atoms with Gasteiger partial charge in [-0.2, -0.15) is 5.26 Å². The van der Waals surface area contributed by atoms with E-state index in [9.17, 15) is 14.4 Å². The predicted octanol–water partition coefficient (Wildman–Crippen LogP) is 4.84. The summed E-state index contributed by atoms with van der Waals surface area (Å²) in [5.41, 5.74) is 3.75. The molecule has 31 heavy (non-hydrogen) atoms. The summed E-state index contributed by atoms with van der Waals surface area (Å²) in [5.74, 6) is -1.04. The highest BCUT2D eigenvalue weighted by Gasteiger charge is 2.15. The molecule has 154 valence electrons. The van der Waals surface area contributed by atoms with E-state index < -0.39 is 24.2 Å². The van der Waals surface area contributed by atoms with Crippen molar-refractivity contribution in [2.45, 2.75) is 13.3 Å². The first-order valence-corrected chi connectivity index (χ1v) is 9.40. The van der Waals surface area contributed by atoms with Crippen molar-refractivity contribution in [3.8, 4) is 17.2 Å². The van der Waals surface area contributed by atoms with Gasteiger partial charge >= 0.3 is 6.09 Å². The Hall–Kier alpha value is -4.44. The van der Waals surface area contributed by atoms with Crippen molar-refractivity contribution in [2.75, 3.05) is 10.6 Å². The Balaban J connectivity index is 1.84. The molecule has 0 aliphatic heterocycles. The van der Waals surface area contributed by atoms with Gasteiger partial charge in [0.05, 0.1) is 29.4 Å². The quantitative estimate of drug-likeness (QED) is 0.395. The SMILES string of the molecule is Cc1cccc(-c2ccc(NC(=O)O)c(NC(=O)CC(=O)c3cccc(C#N)c3)c2)c1. The second-order valence-corrected chi connectivity index (χ2v) is 6.90. The lowest BCUT2D eigenvalue weighted by Gasteiger charge is -2.13. The first-order valence-electron chi connectivity index (χ1n) is 9.40. The average Bonchev–Trinajstić information content (AvgIpc) is 2.74. The second-order valence-electron chi connectivity index (χ2n) is 6.90. The van der Waals surface area contributed by atoms with Gasteiger partial charge < -0.3 is 10.4 Å². The molecule has 7 nitrogen and oxygen atoms in total. The number of rotatable bonds is 6. The van der Waals surface area contributed by atoms with Crippen LogP contribution in [0.2, 0.25) is 0 Å². The summed E-state index contributed by atoms with van der Waals surface area (Å²) < 4.78 is 0. The smallest absolute Gasteiger partial charge is 0.409 e. The maximum absolute atomic E-state index is 12.5. The molecule has 3 rings (SSSR count). The lowest BCUT2D eigenvalue weighted by molar-refractivity contribution is -0.115. The Morgan fingerprint density at radius 3 is 2.35 bits per heavy atom. The zero-order valence-electron chi connectivity index (χ0n) is 16.7. The van der Waals surface area contributed by atoms with Gasteiger partial charge in [-0.3, -0.25) is 14.9 Å². The van der Waals surface area contributed by atoms with E-state index in [4.69, 9.17) is 10.4 Å². The van der Waals surface area contributed by atoms with Crippen LogP contribution in [0.5, 0.6) is 0 Å². The van der Waals surface area contributed by atoms with Crippen molar-refractivity contribution >= 4 is 29.2 Å². The van der Waals surface area contributed by atoms with Crippen LogP contribution in [0.3, 0.4) is 0 Å². The van der Waals surface area contributed by atoms with Crippen LogP contribution in [0.15, 0.2) is 66.7 Å². The molecule has 0 spiro atoms. The molecule has 2 amide bonds. The number of carbonyl (C=O) groups is 3. The molecule has 0 unspecified atom stereocenters. The van der Waals surface area contributed by atoms with E-state index in [1.807, 2.05) is 37.3 Å². The van der Waals surface area contributed by atoms with E-state index in [-0.39, 0.29) is 16.9 Å². The van der Waals surface area contributed by atoms with Crippen molar-refractivity contribution < 1.29 is 19.5 Å². The fraction of sp³-hybridized carbons (Fsp3) is 0.0833. The summed E-state index contributed by atoms with van der Waals surface area (Å²) in [4.78, 5) is 36.1. The zero-order valence-corrected chi connectivity index (χ0v) is 16.7. The first kappa shape index (κ1) is 21.3. The molecular formula is C24H19N3O4. The number of amides is 2. The highest BCUT2D eigenvalue weighted by Crippen LogP contribution is 2.30. The third kappa shape index (κ3) is 5.55. The predicted molar refractivity (Wildman–Crippen MR) is 117 cm³/mol. The van der Waals surface area contributed by atoms with Crippen LogP contribution in [-0.2, 0) is 4.79 Å².